The summed E-state index contributed by atoms with van der Waals surface area (Å²) >= 11 is 0. The Balaban J connectivity index is 2.10. The summed E-state index contributed by atoms with van der Waals surface area (Å²) in [7, 11) is 1.82. The molecule has 0 aliphatic rings. The second kappa shape index (κ2) is 10.2. The van der Waals surface area contributed by atoms with Crippen LogP contribution in [0.1, 0.15) is 46.5 Å². The van der Waals surface area contributed by atoms with E-state index in [1.54, 1.807) is 12.7 Å². The molecule has 1 unspecified atom stereocenters. The fourth-order valence-corrected chi connectivity index (χ4v) is 2.05. The molecule has 1 aromatic rings. The lowest BCUT2D eigenvalue weighted by molar-refractivity contribution is 0.488. The van der Waals surface area contributed by atoms with Crippen LogP contribution in [0, 0.1) is 5.92 Å². The Labute approximate surface area is 128 Å². The molecule has 1 atom stereocenters. The topological polar surface area (TPSA) is 67.1 Å². The number of hydrogen-bond donors (Lipinski definition) is 2. The molecule has 0 aromatic carbocycles. The zero-order valence-corrected chi connectivity index (χ0v) is 13.8. The standard InChI is InChI=1S/C15H30N6/c1-13(2)7-8-14(3)20-15(16-4)17-9-5-6-10-21-11-18-19-12-21/h11-14H,5-10H2,1-4H3,(H2,16,17,20). The fraction of sp³-hybridized carbons (Fsp3) is 0.800. The first-order chi connectivity index (χ1) is 10.1. The van der Waals surface area contributed by atoms with Gasteiger partial charge >= 0.3 is 0 Å². The van der Waals surface area contributed by atoms with Crippen molar-refractivity contribution in [1.82, 2.24) is 25.4 Å². The molecule has 0 spiro atoms. The van der Waals surface area contributed by atoms with Gasteiger partial charge < -0.3 is 15.2 Å². The van der Waals surface area contributed by atoms with Gasteiger partial charge in [0.1, 0.15) is 12.7 Å². The van der Waals surface area contributed by atoms with Crippen molar-refractivity contribution in [2.24, 2.45) is 10.9 Å². The Morgan fingerprint density at radius 1 is 1.14 bits per heavy atom. The minimum Gasteiger partial charge on any atom is -0.356 e. The van der Waals surface area contributed by atoms with E-state index in [1.807, 2.05) is 11.6 Å². The van der Waals surface area contributed by atoms with Crippen molar-refractivity contribution in [2.75, 3.05) is 13.6 Å². The van der Waals surface area contributed by atoms with Crippen molar-refractivity contribution in [3.63, 3.8) is 0 Å². The summed E-state index contributed by atoms with van der Waals surface area (Å²) in [6.45, 7) is 8.62. The van der Waals surface area contributed by atoms with E-state index in [4.69, 9.17) is 0 Å². The summed E-state index contributed by atoms with van der Waals surface area (Å²) in [5.74, 6) is 1.65. The van der Waals surface area contributed by atoms with Gasteiger partial charge in [0.15, 0.2) is 5.96 Å². The molecule has 120 valence electrons. The zero-order chi connectivity index (χ0) is 15.5. The first kappa shape index (κ1) is 17.5. The maximum absolute atomic E-state index is 4.27. The molecular weight excluding hydrogens is 264 g/mol. The van der Waals surface area contributed by atoms with Crippen LogP contribution < -0.4 is 10.6 Å². The molecule has 2 N–H and O–H groups in total. The molecule has 0 aliphatic heterocycles. The Bertz CT molecular complexity index is 385. The monoisotopic (exact) mass is 294 g/mol. The number of nitrogens with zero attached hydrogens (tertiary/aromatic N) is 4. The van der Waals surface area contributed by atoms with Crippen LogP contribution in [0.25, 0.3) is 0 Å². The Morgan fingerprint density at radius 2 is 1.86 bits per heavy atom. The van der Waals surface area contributed by atoms with E-state index in [1.165, 1.54) is 12.8 Å². The Kier molecular flexibility index (Phi) is 8.47. The van der Waals surface area contributed by atoms with Gasteiger partial charge in [-0.3, -0.25) is 4.99 Å². The van der Waals surface area contributed by atoms with Gasteiger partial charge in [0.05, 0.1) is 0 Å². The SMILES string of the molecule is CN=C(NCCCCn1cnnc1)NC(C)CCC(C)C. The van der Waals surface area contributed by atoms with E-state index in [0.717, 1.165) is 37.8 Å². The summed E-state index contributed by atoms with van der Waals surface area (Å²) in [6.07, 6.45) is 8.12. The van der Waals surface area contributed by atoms with Crippen molar-refractivity contribution in [1.29, 1.82) is 0 Å². The first-order valence-electron chi connectivity index (χ1n) is 7.91. The fourth-order valence-electron chi connectivity index (χ4n) is 2.05. The predicted octanol–water partition coefficient (Wildman–Crippen LogP) is 2.05. The van der Waals surface area contributed by atoms with Crippen molar-refractivity contribution < 1.29 is 0 Å². The van der Waals surface area contributed by atoms with Gasteiger partial charge in [-0.05, 0) is 38.5 Å². The minimum atomic E-state index is 0.454. The van der Waals surface area contributed by atoms with Crippen LogP contribution in [-0.2, 0) is 6.54 Å². The van der Waals surface area contributed by atoms with Gasteiger partial charge in [-0.25, -0.2) is 0 Å². The third kappa shape index (κ3) is 8.32. The molecule has 6 heteroatoms. The summed E-state index contributed by atoms with van der Waals surface area (Å²) in [6, 6.07) is 0.454. The Hall–Kier alpha value is -1.59. The molecule has 0 saturated heterocycles. The van der Waals surface area contributed by atoms with Crippen LogP contribution in [0.4, 0.5) is 0 Å². The van der Waals surface area contributed by atoms with Crippen LogP contribution in [0.15, 0.2) is 17.6 Å². The summed E-state index contributed by atoms with van der Waals surface area (Å²) < 4.78 is 2.00. The second-order valence-electron chi connectivity index (χ2n) is 5.92. The van der Waals surface area contributed by atoms with Crippen LogP contribution in [-0.4, -0.2) is 40.4 Å². The zero-order valence-electron chi connectivity index (χ0n) is 13.8. The van der Waals surface area contributed by atoms with E-state index >= 15 is 0 Å². The average Bonchev–Trinajstić information content (AvgIpc) is 2.96. The van der Waals surface area contributed by atoms with Gasteiger partial charge in [0.25, 0.3) is 0 Å². The van der Waals surface area contributed by atoms with Gasteiger partial charge in [-0.2, -0.15) is 0 Å². The molecule has 0 amide bonds. The van der Waals surface area contributed by atoms with Gasteiger partial charge in [-0.1, -0.05) is 13.8 Å². The molecule has 6 nitrogen and oxygen atoms in total. The van der Waals surface area contributed by atoms with Crippen LogP contribution in [0.5, 0.6) is 0 Å². The molecule has 0 fully saturated rings. The quantitative estimate of drug-likeness (QED) is 0.415. The lowest BCUT2D eigenvalue weighted by Crippen LogP contribution is -2.42. The summed E-state index contributed by atoms with van der Waals surface area (Å²) in [5, 5.41) is 14.4. The van der Waals surface area contributed by atoms with Crippen LogP contribution in [0.3, 0.4) is 0 Å². The van der Waals surface area contributed by atoms with Crippen molar-refractivity contribution in [3.05, 3.63) is 12.7 Å². The van der Waals surface area contributed by atoms with E-state index in [-0.39, 0.29) is 0 Å². The number of aromatic nitrogens is 3. The van der Waals surface area contributed by atoms with Crippen molar-refractivity contribution in [3.8, 4) is 0 Å². The smallest absolute Gasteiger partial charge is 0.191 e. The van der Waals surface area contributed by atoms with E-state index in [2.05, 4.69) is 46.6 Å². The summed E-state index contributed by atoms with van der Waals surface area (Å²) in [5.41, 5.74) is 0. The highest BCUT2D eigenvalue weighted by Gasteiger charge is 2.05. The number of guanidine groups is 1. The van der Waals surface area contributed by atoms with Crippen LogP contribution >= 0.6 is 0 Å². The van der Waals surface area contributed by atoms with Gasteiger partial charge in [0, 0.05) is 26.2 Å². The summed E-state index contributed by atoms with van der Waals surface area (Å²) in [4.78, 5) is 4.27. The van der Waals surface area contributed by atoms with E-state index in [0.29, 0.717) is 6.04 Å². The largest absolute Gasteiger partial charge is 0.356 e. The number of hydrogen-bond acceptors (Lipinski definition) is 3. The number of unbranched alkanes of at least 4 members (excludes halogenated alkanes) is 1. The predicted molar refractivity (Wildman–Crippen MR) is 87.3 cm³/mol. The second-order valence-corrected chi connectivity index (χ2v) is 5.92. The normalized spacial score (nSPS) is 13.5. The maximum Gasteiger partial charge on any atom is 0.191 e. The third-order valence-corrected chi connectivity index (χ3v) is 3.39. The molecular formula is C15H30N6. The average molecular weight is 294 g/mol. The molecule has 0 bridgehead atoms. The molecule has 1 heterocycles. The van der Waals surface area contributed by atoms with Crippen LogP contribution in [0.2, 0.25) is 0 Å². The number of nitrogens with one attached hydrogen (secondary N) is 2. The van der Waals surface area contributed by atoms with Gasteiger partial charge in [0.2, 0.25) is 0 Å². The lowest BCUT2D eigenvalue weighted by atomic mass is 10.0. The number of rotatable bonds is 9. The number of aliphatic imine (C=N–C) groups is 1. The molecule has 21 heavy (non-hydrogen) atoms. The van der Waals surface area contributed by atoms with Gasteiger partial charge in [-0.15, -0.1) is 10.2 Å². The minimum absolute atomic E-state index is 0.454. The van der Waals surface area contributed by atoms with Crippen molar-refractivity contribution in [2.45, 2.75) is 59.0 Å². The third-order valence-electron chi connectivity index (χ3n) is 3.39. The highest BCUT2D eigenvalue weighted by atomic mass is 15.2. The molecule has 1 aromatic heterocycles. The highest BCUT2D eigenvalue weighted by Crippen LogP contribution is 2.06. The Morgan fingerprint density at radius 3 is 2.48 bits per heavy atom. The van der Waals surface area contributed by atoms with E-state index in [9.17, 15) is 0 Å². The molecule has 1 rings (SSSR count). The molecule has 0 aliphatic carbocycles. The molecule has 0 radical (unpaired) electrons. The molecule has 0 saturated carbocycles. The highest BCUT2D eigenvalue weighted by molar-refractivity contribution is 5.79. The van der Waals surface area contributed by atoms with E-state index < -0.39 is 0 Å². The maximum atomic E-state index is 4.27. The number of aryl methyl sites for hydroxylation is 1. The lowest BCUT2D eigenvalue weighted by Gasteiger charge is -2.18. The first-order valence-corrected chi connectivity index (χ1v) is 7.91. The van der Waals surface area contributed by atoms with Crippen molar-refractivity contribution >= 4 is 5.96 Å².